The van der Waals surface area contributed by atoms with Crippen molar-refractivity contribution in [2.24, 2.45) is 5.41 Å². The Morgan fingerprint density at radius 3 is 2.48 bits per heavy atom. The Morgan fingerprint density at radius 1 is 1.16 bits per heavy atom. The van der Waals surface area contributed by atoms with Crippen molar-refractivity contribution >= 4 is 11.6 Å². The van der Waals surface area contributed by atoms with E-state index < -0.39 is 11.7 Å². The Balaban J connectivity index is 1.69. The Hall–Kier alpha value is -2.51. The number of hydrogen-bond acceptors (Lipinski definition) is 5. The molecule has 0 spiro atoms. The molecule has 1 aromatic carbocycles. The molecule has 2 N–H and O–H groups in total. The Bertz CT molecular complexity index is 863. The number of hydrogen-bond donors (Lipinski definition) is 2. The topological polar surface area (TPSA) is 59.1 Å². The molecule has 0 amide bonds. The molecule has 0 saturated carbocycles. The molecule has 8 heteroatoms. The van der Waals surface area contributed by atoms with Crippen LogP contribution in [-0.4, -0.2) is 22.6 Å². The zero-order chi connectivity index (χ0) is 22.6. The molecule has 0 radical (unpaired) electrons. The second-order valence-electron chi connectivity index (χ2n) is 9.24. The van der Waals surface area contributed by atoms with Crippen molar-refractivity contribution in [2.45, 2.75) is 71.6 Å². The van der Waals surface area contributed by atoms with Gasteiger partial charge < -0.3 is 15.4 Å². The Kier molecular flexibility index (Phi) is 6.96. The van der Waals surface area contributed by atoms with Gasteiger partial charge in [0.05, 0.1) is 30.6 Å². The maximum absolute atomic E-state index is 13.2. The minimum Gasteiger partial charge on any atom is -0.490 e. The number of halogens is 3. The SMILES string of the molecule is CC[C@@H]1C[C@H](Nc2ncc(OCCCC(C)(C)C)cn2)c2cc(C(F)(F)F)ccc2N1. The lowest BCUT2D eigenvalue weighted by molar-refractivity contribution is -0.137. The predicted molar refractivity (Wildman–Crippen MR) is 116 cm³/mol. The van der Waals surface area contributed by atoms with Crippen LogP contribution in [0.15, 0.2) is 30.6 Å². The summed E-state index contributed by atoms with van der Waals surface area (Å²) in [4.78, 5) is 8.61. The standard InChI is InChI=1S/C23H31F3N4O/c1-5-16-12-20(18-11-15(23(24,25)26)7-8-19(18)29-16)30-21-27-13-17(14-28-21)31-10-6-9-22(2,3)4/h7-8,11,13-14,16,20,29H,5-6,9-10,12H2,1-4H3,(H,27,28,30)/t16-,20+/m1/s1. The Morgan fingerprint density at radius 2 is 1.87 bits per heavy atom. The molecule has 0 fully saturated rings. The highest BCUT2D eigenvalue weighted by Crippen LogP contribution is 2.39. The highest BCUT2D eigenvalue weighted by molar-refractivity contribution is 5.59. The number of nitrogens with zero attached hydrogens (tertiary/aromatic N) is 2. The normalized spacial score (nSPS) is 18.8. The van der Waals surface area contributed by atoms with Crippen LogP contribution >= 0.6 is 0 Å². The van der Waals surface area contributed by atoms with Gasteiger partial charge in [-0.05, 0) is 54.9 Å². The van der Waals surface area contributed by atoms with Crippen LogP contribution in [0.5, 0.6) is 5.75 Å². The van der Waals surface area contributed by atoms with Gasteiger partial charge in [-0.3, -0.25) is 0 Å². The summed E-state index contributed by atoms with van der Waals surface area (Å²) < 4.78 is 45.3. The van der Waals surface area contributed by atoms with Crippen LogP contribution in [0.2, 0.25) is 0 Å². The summed E-state index contributed by atoms with van der Waals surface area (Å²) in [5.41, 5.74) is 0.893. The number of nitrogens with one attached hydrogen (secondary N) is 2. The van der Waals surface area contributed by atoms with E-state index in [0.717, 1.165) is 25.3 Å². The van der Waals surface area contributed by atoms with Crippen molar-refractivity contribution in [1.82, 2.24) is 9.97 Å². The molecule has 31 heavy (non-hydrogen) atoms. The molecular weight excluding hydrogens is 405 g/mol. The summed E-state index contributed by atoms with van der Waals surface area (Å²) in [6.45, 7) is 9.21. The van der Waals surface area contributed by atoms with E-state index >= 15 is 0 Å². The van der Waals surface area contributed by atoms with Crippen LogP contribution < -0.4 is 15.4 Å². The first kappa shape index (κ1) is 23.2. The highest BCUT2D eigenvalue weighted by Gasteiger charge is 2.34. The van der Waals surface area contributed by atoms with E-state index in [9.17, 15) is 13.2 Å². The van der Waals surface area contributed by atoms with Crippen LogP contribution in [0.1, 0.15) is 70.5 Å². The van der Waals surface area contributed by atoms with Gasteiger partial charge >= 0.3 is 6.18 Å². The van der Waals surface area contributed by atoms with Gasteiger partial charge in [0.25, 0.3) is 0 Å². The van der Waals surface area contributed by atoms with Crippen molar-refractivity contribution in [3.8, 4) is 5.75 Å². The lowest BCUT2D eigenvalue weighted by Gasteiger charge is -2.33. The molecular formula is C23H31F3N4O. The second kappa shape index (κ2) is 9.32. The van der Waals surface area contributed by atoms with Gasteiger partial charge in [0.1, 0.15) is 0 Å². The van der Waals surface area contributed by atoms with Gasteiger partial charge in [0.2, 0.25) is 5.95 Å². The molecule has 2 atom stereocenters. The van der Waals surface area contributed by atoms with Crippen LogP contribution in [-0.2, 0) is 6.18 Å². The largest absolute Gasteiger partial charge is 0.490 e. The number of ether oxygens (including phenoxy) is 1. The first-order valence-corrected chi connectivity index (χ1v) is 10.7. The van der Waals surface area contributed by atoms with Crippen molar-refractivity contribution < 1.29 is 17.9 Å². The molecule has 2 aromatic rings. The van der Waals surface area contributed by atoms with E-state index in [2.05, 4.69) is 41.4 Å². The summed E-state index contributed by atoms with van der Waals surface area (Å²) in [7, 11) is 0. The molecule has 1 aromatic heterocycles. The van der Waals surface area contributed by atoms with Crippen molar-refractivity contribution in [3.63, 3.8) is 0 Å². The molecule has 0 saturated heterocycles. The fourth-order valence-corrected chi connectivity index (χ4v) is 3.67. The molecule has 3 rings (SSSR count). The van der Waals surface area contributed by atoms with Gasteiger partial charge in [-0.1, -0.05) is 27.7 Å². The lowest BCUT2D eigenvalue weighted by Crippen LogP contribution is -2.31. The Labute approximate surface area is 181 Å². The average Bonchev–Trinajstić information content (AvgIpc) is 2.70. The van der Waals surface area contributed by atoms with Gasteiger partial charge in [0, 0.05) is 11.7 Å². The molecule has 1 aliphatic heterocycles. The second-order valence-corrected chi connectivity index (χ2v) is 9.24. The number of anilines is 2. The van der Waals surface area contributed by atoms with Crippen LogP contribution in [0.4, 0.5) is 24.8 Å². The molecule has 5 nitrogen and oxygen atoms in total. The molecule has 2 heterocycles. The van der Waals surface area contributed by atoms with E-state index in [1.165, 1.54) is 12.1 Å². The summed E-state index contributed by atoms with van der Waals surface area (Å²) >= 11 is 0. The number of alkyl halides is 3. The monoisotopic (exact) mass is 436 g/mol. The van der Waals surface area contributed by atoms with Crippen molar-refractivity contribution in [3.05, 3.63) is 41.7 Å². The maximum Gasteiger partial charge on any atom is 0.416 e. The third kappa shape index (κ3) is 6.48. The third-order valence-corrected chi connectivity index (χ3v) is 5.40. The summed E-state index contributed by atoms with van der Waals surface area (Å²) in [6.07, 6.45) is 2.30. The molecule has 0 bridgehead atoms. The van der Waals surface area contributed by atoms with Crippen molar-refractivity contribution in [2.75, 3.05) is 17.2 Å². The molecule has 0 aliphatic carbocycles. The van der Waals surface area contributed by atoms with Crippen LogP contribution in [0, 0.1) is 5.41 Å². The van der Waals surface area contributed by atoms with E-state index in [1.807, 2.05) is 6.92 Å². The predicted octanol–water partition coefficient (Wildman–Crippen LogP) is 6.45. The van der Waals surface area contributed by atoms with Gasteiger partial charge in [0.15, 0.2) is 5.75 Å². The summed E-state index contributed by atoms with van der Waals surface area (Å²) in [5, 5.41) is 6.53. The zero-order valence-corrected chi connectivity index (χ0v) is 18.5. The first-order chi connectivity index (χ1) is 14.5. The smallest absolute Gasteiger partial charge is 0.416 e. The maximum atomic E-state index is 13.2. The van der Waals surface area contributed by atoms with E-state index in [0.29, 0.717) is 36.0 Å². The lowest BCUT2D eigenvalue weighted by atomic mass is 9.90. The van der Waals surface area contributed by atoms with Crippen molar-refractivity contribution in [1.29, 1.82) is 0 Å². The molecule has 170 valence electrons. The van der Waals surface area contributed by atoms with Gasteiger partial charge in [-0.25, -0.2) is 9.97 Å². The zero-order valence-electron chi connectivity index (χ0n) is 18.5. The highest BCUT2D eigenvalue weighted by atomic mass is 19.4. The average molecular weight is 437 g/mol. The van der Waals surface area contributed by atoms with E-state index in [4.69, 9.17) is 4.74 Å². The quantitative estimate of drug-likeness (QED) is 0.489. The summed E-state index contributed by atoms with van der Waals surface area (Å²) in [5.74, 6) is 0.947. The fourth-order valence-electron chi connectivity index (χ4n) is 3.67. The number of fused-ring (bicyclic) bond motifs is 1. The number of benzene rings is 1. The minimum absolute atomic E-state index is 0.159. The molecule has 0 unspecified atom stereocenters. The van der Waals surface area contributed by atoms with Crippen LogP contribution in [0.25, 0.3) is 0 Å². The fraction of sp³-hybridized carbons (Fsp3) is 0.565. The molecule has 1 aliphatic rings. The van der Waals surface area contributed by atoms with E-state index in [1.54, 1.807) is 12.4 Å². The first-order valence-electron chi connectivity index (χ1n) is 10.7. The summed E-state index contributed by atoms with van der Waals surface area (Å²) in [6, 6.07) is 3.67. The van der Waals surface area contributed by atoms with E-state index in [-0.39, 0.29) is 17.5 Å². The van der Waals surface area contributed by atoms with Crippen LogP contribution in [0.3, 0.4) is 0 Å². The number of aromatic nitrogens is 2. The third-order valence-electron chi connectivity index (χ3n) is 5.40. The number of rotatable bonds is 7. The van der Waals surface area contributed by atoms with Gasteiger partial charge in [-0.15, -0.1) is 0 Å². The van der Waals surface area contributed by atoms with Gasteiger partial charge in [-0.2, -0.15) is 13.2 Å². The minimum atomic E-state index is -4.39.